The van der Waals surface area contributed by atoms with Crippen molar-refractivity contribution >= 4 is 5.78 Å². The summed E-state index contributed by atoms with van der Waals surface area (Å²) in [6, 6.07) is 2.83. The van der Waals surface area contributed by atoms with E-state index in [-0.39, 0.29) is 17.1 Å². The van der Waals surface area contributed by atoms with E-state index in [0.717, 1.165) is 25.5 Å². The van der Waals surface area contributed by atoms with Gasteiger partial charge in [0.05, 0.1) is 5.56 Å². The molecule has 0 saturated carbocycles. The van der Waals surface area contributed by atoms with Crippen molar-refractivity contribution in [3.8, 4) is 5.75 Å². The van der Waals surface area contributed by atoms with Gasteiger partial charge in [0.1, 0.15) is 11.6 Å². The van der Waals surface area contributed by atoms with Crippen LogP contribution in [-0.2, 0) is 6.54 Å². The number of carbonyl (C=O) groups excluding carboxylic acids is 1. The van der Waals surface area contributed by atoms with Crippen LogP contribution in [-0.4, -0.2) is 28.4 Å². The number of carbonyl (C=O) groups is 1. The molecule has 0 aliphatic carbocycles. The second-order valence-electron chi connectivity index (χ2n) is 5.97. The minimum absolute atomic E-state index is 0.0676. The smallest absolute Gasteiger partial charge is 0.163 e. The maximum atomic E-state index is 13.6. The normalized spacial score (nSPS) is 23.8. The highest BCUT2D eigenvalue weighted by Crippen LogP contribution is 2.29. The van der Waals surface area contributed by atoms with Crippen LogP contribution in [0.2, 0.25) is 0 Å². The summed E-state index contributed by atoms with van der Waals surface area (Å²) in [4.78, 5) is 13.7. The third kappa shape index (κ3) is 3.18. The van der Waals surface area contributed by atoms with Gasteiger partial charge in [-0.3, -0.25) is 9.69 Å². The number of hydrogen-bond donors (Lipinski definition) is 1. The van der Waals surface area contributed by atoms with Gasteiger partial charge < -0.3 is 5.11 Å². The minimum Gasteiger partial charge on any atom is -0.507 e. The summed E-state index contributed by atoms with van der Waals surface area (Å²) in [7, 11) is 0. The zero-order valence-corrected chi connectivity index (χ0v) is 12.3. The summed E-state index contributed by atoms with van der Waals surface area (Å²) in [5, 5.41) is 10.1. The number of benzene rings is 1. The van der Waals surface area contributed by atoms with Crippen molar-refractivity contribution in [2.45, 2.75) is 46.2 Å². The molecule has 1 heterocycles. The molecular weight excluding hydrogens is 257 g/mol. The number of Topliss-reactive ketones (excluding diaryl/α,β-unsaturated/α-hetero) is 1. The molecule has 1 aliphatic rings. The quantitative estimate of drug-likeness (QED) is 0.863. The number of rotatable bonds is 3. The Hall–Kier alpha value is -1.42. The fourth-order valence-corrected chi connectivity index (χ4v) is 2.95. The maximum Gasteiger partial charge on any atom is 0.163 e. The van der Waals surface area contributed by atoms with E-state index in [0.29, 0.717) is 24.1 Å². The summed E-state index contributed by atoms with van der Waals surface area (Å²) in [5.41, 5.74) is 0.564. The van der Waals surface area contributed by atoms with Crippen molar-refractivity contribution in [3.63, 3.8) is 0 Å². The molecule has 0 spiro atoms. The Kier molecular flexibility index (Phi) is 4.43. The van der Waals surface area contributed by atoms with E-state index in [9.17, 15) is 14.3 Å². The third-order valence-corrected chi connectivity index (χ3v) is 4.18. The first-order valence-electron chi connectivity index (χ1n) is 7.15. The summed E-state index contributed by atoms with van der Waals surface area (Å²) in [5.74, 6) is -0.163. The van der Waals surface area contributed by atoms with Crippen LogP contribution >= 0.6 is 0 Å². The maximum absolute atomic E-state index is 13.6. The molecular formula is C16H22FNO2. The molecule has 2 rings (SSSR count). The highest BCUT2D eigenvalue weighted by molar-refractivity contribution is 5.97. The highest BCUT2D eigenvalue weighted by atomic mass is 19.1. The number of phenols is 1. The van der Waals surface area contributed by atoms with E-state index in [2.05, 4.69) is 18.7 Å². The van der Waals surface area contributed by atoms with E-state index >= 15 is 0 Å². The Labute approximate surface area is 119 Å². The average molecular weight is 279 g/mol. The molecule has 1 aromatic carbocycles. The van der Waals surface area contributed by atoms with Gasteiger partial charge in [-0.2, -0.15) is 0 Å². The van der Waals surface area contributed by atoms with E-state index in [4.69, 9.17) is 0 Å². The van der Waals surface area contributed by atoms with Crippen LogP contribution in [0, 0.1) is 11.7 Å². The van der Waals surface area contributed by atoms with Gasteiger partial charge in [0, 0.05) is 18.2 Å². The minimum atomic E-state index is -0.471. The zero-order valence-electron chi connectivity index (χ0n) is 12.3. The van der Waals surface area contributed by atoms with Crippen molar-refractivity contribution in [3.05, 3.63) is 29.1 Å². The van der Waals surface area contributed by atoms with Crippen LogP contribution in [0.3, 0.4) is 0 Å². The van der Waals surface area contributed by atoms with E-state index in [1.54, 1.807) is 0 Å². The van der Waals surface area contributed by atoms with Gasteiger partial charge in [-0.25, -0.2) is 4.39 Å². The second-order valence-corrected chi connectivity index (χ2v) is 5.97. The van der Waals surface area contributed by atoms with Gasteiger partial charge in [0.25, 0.3) is 0 Å². The predicted octanol–water partition coefficient (Wildman–Crippen LogP) is 3.35. The molecule has 2 unspecified atom stereocenters. The second kappa shape index (κ2) is 5.92. The van der Waals surface area contributed by atoms with Crippen LogP contribution in [0.4, 0.5) is 4.39 Å². The van der Waals surface area contributed by atoms with E-state index in [1.165, 1.54) is 13.0 Å². The molecule has 110 valence electrons. The Bertz CT molecular complexity index is 515. The molecule has 0 amide bonds. The standard InChI is InChI=1S/C16H22FNO2/c1-10-4-5-18(11(2)6-10)9-13-7-14(17)8-15(12(3)19)16(13)20/h7-8,10-11,20H,4-6,9H2,1-3H3. The summed E-state index contributed by atoms with van der Waals surface area (Å²) in [6.07, 6.45) is 2.22. The molecule has 1 aliphatic heterocycles. The fraction of sp³-hybridized carbons (Fsp3) is 0.562. The topological polar surface area (TPSA) is 40.5 Å². The molecule has 1 saturated heterocycles. The molecule has 1 N–H and O–H groups in total. The Morgan fingerprint density at radius 1 is 1.45 bits per heavy atom. The lowest BCUT2D eigenvalue weighted by atomic mass is 9.93. The lowest BCUT2D eigenvalue weighted by molar-refractivity contribution is 0.101. The van der Waals surface area contributed by atoms with Gasteiger partial charge in [0.2, 0.25) is 0 Å². The van der Waals surface area contributed by atoms with Crippen LogP contribution in [0.1, 0.15) is 49.5 Å². The average Bonchev–Trinajstić information content (AvgIpc) is 2.36. The van der Waals surface area contributed by atoms with Crippen molar-refractivity contribution < 1.29 is 14.3 Å². The zero-order chi connectivity index (χ0) is 14.9. The van der Waals surface area contributed by atoms with Gasteiger partial charge in [-0.15, -0.1) is 0 Å². The van der Waals surface area contributed by atoms with Crippen LogP contribution in [0.5, 0.6) is 5.75 Å². The first kappa shape index (κ1) is 15.0. The summed E-state index contributed by atoms with van der Waals surface area (Å²) >= 11 is 0. The monoisotopic (exact) mass is 279 g/mol. The van der Waals surface area contributed by atoms with Crippen molar-refractivity contribution in [2.75, 3.05) is 6.54 Å². The van der Waals surface area contributed by atoms with Gasteiger partial charge in [-0.05, 0) is 51.3 Å². The van der Waals surface area contributed by atoms with Crippen molar-refractivity contribution in [2.24, 2.45) is 5.92 Å². The van der Waals surface area contributed by atoms with Crippen LogP contribution in [0.15, 0.2) is 12.1 Å². The largest absolute Gasteiger partial charge is 0.507 e. The van der Waals surface area contributed by atoms with E-state index < -0.39 is 5.82 Å². The van der Waals surface area contributed by atoms with E-state index in [1.807, 2.05) is 0 Å². The first-order valence-corrected chi connectivity index (χ1v) is 7.15. The first-order chi connectivity index (χ1) is 9.38. The molecule has 20 heavy (non-hydrogen) atoms. The Morgan fingerprint density at radius 3 is 2.75 bits per heavy atom. The lowest BCUT2D eigenvalue weighted by Crippen LogP contribution is -2.39. The Morgan fingerprint density at radius 2 is 2.15 bits per heavy atom. The fourth-order valence-electron chi connectivity index (χ4n) is 2.95. The van der Waals surface area contributed by atoms with Crippen molar-refractivity contribution in [1.29, 1.82) is 0 Å². The number of phenolic OH excluding ortho intramolecular Hbond substituents is 1. The summed E-state index contributed by atoms with van der Waals surface area (Å²) in [6.45, 7) is 7.15. The number of likely N-dealkylation sites (tertiary alicyclic amines) is 1. The molecule has 4 heteroatoms. The number of ketones is 1. The molecule has 1 fully saturated rings. The summed E-state index contributed by atoms with van der Waals surface area (Å²) < 4.78 is 13.6. The van der Waals surface area contributed by atoms with Gasteiger partial charge in [-0.1, -0.05) is 6.92 Å². The SMILES string of the molecule is CC(=O)c1cc(F)cc(CN2CCC(C)CC2C)c1O. The molecule has 2 atom stereocenters. The number of piperidine rings is 1. The molecule has 0 aromatic heterocycles. The number of aromatic hydroxyl groups is 1. The lowest BCUT2D eigenvalue weighted by Gasteiger charge is -2.36. The Balaban J connectivity index is 2.23. The van der Waals surface area contributed by atoms with Crippen LogP contribution < -0.4 is 0 Å². The molecule has 3 nitrogen and oxygen atoms in total. The molecule has 0 radical (unpaired) electrons. The number of hydrogen-bond acceptors (Lipinski definition) is 3. The molecule has 1 aromatic rings. The highest BCUT2D eigenvalue weighted by Gasteiger charge is 2.24. The van der Waals surface area contributed by atoms with Gasteiger partial charge in [0.15, 0.2) is 5.78 Å². The number of nitrogens with zero attached hydrogens (tertiary/aromatic N) is 1. The third-order valence-electron chi connectivity index (χ3n) is 4.18. The van der Waals surface area contributed by atoms with Gasteiger partial charge >= 0.3 is 0 Å². The molecule has 0 bridgehead atoms. The van der Waals surface area contributed by atoms with Crippen molar-refractivity contribution in [1.82, 2.24) is 4.90 Å². The van der Waals surface area contributed by atoms with Crippen LogP contribution in [0.25, 0.3) is 0 Å². The predicted molar refractivity (Wildman–Crippen MR) is 76.3 cm³/mol. The number of halogens is 1.